The Kier molecular flexibility index (Phi) is 18.5. The summed E-state index contributed by atoms with van der Waals surface area (Å²) in [6.45, 7) is 13.4. The Morgan fingerprint density at radius 2 is 0.833 bits per heavy atom. The van der Waals surface area contributed by atoms with Gasteiger partial charge in [0.25, 0.3) is 0 Å². The Hall–Kier alpha value is -8.90. The summed E-state index contributed by atoms with van der Waals surface area (Å²) in [6, 6.07) is 71.4. The number of phenolic OH excluding ortho intramolecular Hbond substituents is 1. The number of hydrogen-bond donors (Lipinski definition) is 1. The minimum atomic E-state index is -0.781. The lowest BCUT2D eigenvalue weighted by atomic mass is 9.70. The van der Waals surface area contributed by atoms with Crippen LogP contribution in [0.5, 0.6) is 23.0 Å². The zero-order valence-corrected chi connectivity index (χ0v) is 44.1. The van der Waals surface area contributed by atoms with Crippen LogP contribution < -0.4 is 14.2 Å². The summed E-state index contributed by atoms with van der Waals surface area (Å²) in [4.78, 5) is 0. The van der Waals surface area contributed by atoms with E-state index in [1.165, 1.54) is 0 Å². The lowest BCUT2D eigenvalue weighted by molar-refractivity contribution is 0.0885. The molecule has 0 fully saturated rings. The average Bonchev–Trinajstić information content (AvgIpc) is 3.68. The van der Waals surface area contributed by atoms with Crippen molar-refractivity contribution in [1.29, 1.82) is 0 Å². The number of terminal acetylenes is 1. The van der Waals surface area contributed by atoms with Gasteiger partial charge < -0.3 is 33.5 Å². The standard InChI is InChI=1S/C71H64O7/c1-5-52-21-27-55(28-22-52)49-73-41-44-76-68-20-14-12-18-64(68)66-48-62(38-40-70(66)78-46-43-75-51-57-31-25-54(7-3)26-32-57)71(4,60-35-33-59(34-36-60)58-15-9-8-10-16-58)61-37-39-69(65(47-61)63-17-11-13-19-67(63)72)77-45-42-74-50-56-29-23-53(6-2)24-30-56/h1,6-40,47-48,72H,2-3,41-46,49-51H2,4H3. The first kappa shape index (κ1) is 53.9. The monoisotopic (exact) mass is 1030 g/mol. The normalized spacial score (nSPS) is 11.7. The van der Waals surface area contributed by atoms with Crippen LogP contribution in [-0.4, -0.2) is 44.7 Å². The number of rotatable bonds is 26. The van der Waals surface area contributed by atoms with E-state index in [4.69, 9.17) is 34.8 Å². The van der Waals surface area contributed by atoms with Gasteiger partial charge in [0.15, 0.2) is 0 Å². The van der Waals surface area contributed by atoms with Gasteiger partial charge in [0.05, 0.1) is 39.6 Å². The van der Waals surface area contributed by atoms with Gasteiger partial charge in [-0.25, -0.2) is 0 Å². The van der Waals surface area contributed by atoms with Gasteiger partial charge in [-0.05, 0) is 111 Å². The maximum atomic E-state index is 11.5. The lowest BCUT2D eigenvalue weighted by Crippen LogP contribution is -2.26. The second-order valence-electron chi connectivity index (χ2n) is 18.9. The Bertz CT molecular complexity index is 3430. The lowest BCUT2D eigenvalue weighted by Gasteiger charge is -2.33. The fraction of sp³-hybridized carbons (Fsp3) is 0.155. The summed E-state index contributed by atoms with van der Waals surface area (Å²) < 4.78 is 38.0. The smallest absolute Gasteiger partial charge is 0.127 e. The highest BCUT2D eigenvalue weighted by atomic mass is 16.5. The fourth-order valence-corrected chi connectivity index (χ4v) is 9.40. The molecule has 0 bridgehead atoms. The molecule has 0 aliphatic carbocycles. The van der Waals surface area contributed by atoms with Gasteiger partial charge in [-0.2, -0.15) is 0 Å². The van der Waals surface area contributed by atoms with E-state index in [1.54, 1.807) is 6.07 Å². The van der Waals surface area contributed by atoms with Crippen LogP contribution in [0.1, 0.15) is 57.0 Å². The van der Waals surface area contributed by atoms with E-state index in [2.05, 4.69) is 123 Å². The van der Waals surface area contributed by atoms with Gasteiger partial charge in [0, 0.05) is 33.2 Å². The van der Waals surface area contributed by atoms with Gasteiger partial charge in [0.1, 0.15) is 42.8 Å². The summed E-state index contributed by atoms with van der Waals surface area (Å²) in [6.07, 6.45) is 9.22. The maximum Gasteiger partial charge on any atom is 0.127 e. The molecule has 390 valence electrons. The molecule has 1 unspecified atom stereocenters. The molecule has 9 rings (SSSR count). The maximum absolute atomic E-state index is 11.5. The average molecular weight is 1030 g/mol. The van der Waals surface area contributed by atoms with Crippen molar-refractivity contribution in [3.8, 4) is 68.7 Å². The number of phenols is 1. The van der Waals surface area contributed by atoms with Gasteiger partial charge in [0.2, 0.25) is 0 Å². The zero-order valence-electron chi connectivity index (χ0n) is 44.1. The molecule has 7 nitrogen and oxygen atoms in total. The Balaban J connectivity index is 1.07. The van der Waals surface area contributed by atoms with E-state index in [0.717, 1.165) is 77.9 Å². The predicted octanol–water partition coefficient (Wildman–Crippen LogP) is 15.8. The molecule has 0 spiro atoms. The van der Waals surface area contributed by atoms with Crippen LogP contribution in [0.2, 0.25) is 0 Å². The Labute approximate surface area is 459 Å². The van der Waals surface area contributed by atoms with Crippen LogP contribution >= 0.6 is 0 Å². The van der Waals surface area contributed by atoms with Crippen LogP contribution in [0.25, 0.3) is 45.5 Å². The van der Waals surface area contributed by atoms with Crippen LogP contribution in [0.4, 0.5) is 0 Å². The van der Waals surface area contributed by atoms with Crippen LogP contribution in [0, 0.1) is 12.3 Å². The molecule has 9 aromatic carbocycles. The molecular formula is C71H64O7. The molecular weight excluding hydrogens is 965 g/mol. The molecule has 0 aliphatic rings. The number of benzene rings is 9. The van der Waals surface area contributed by atoms with Crippen LogP contribution in [0.15, 0.2) is 225 Å². The highest BCUT2D eigenvalue weighted by Gasteiger charge is 2.34. The molecule has 0 aliphatic heterocycles. The first-order valence-electron chi connectivity index (χ1n) is 26.3. The molecule has 1 atom stereocenters. The van der Waals surface area contributed by atoms with Crippen molar-refractivity contribution in [2.75, 3.05) is 39.6 Å². The number of aromatic hydroxyl groups is 1. The van der Waals surface area contributed by atoms with E-state index < -0.39 is 5.41 Å². The number of hydrogen-bond acceptors (Lipinski definition) is 7. The van der Waals surface area contributed by atoms with Gasteiger partial charge >= 0.3 is 0 Å². The van der Waals surface area contributed by atoms with Crippen molar-refractivity contribution < 1.29 is 33.5 Å². The molecule has 78 heavy (non-hydrogen) atoms. The fourth-order valence-electron chi connectivity index (χ4n) is 9.40. The van der Waals surface area contributed by atoms with E-state index in [9.17, 15) is 5.11 Å². The SMILES string of the molecule is C#Cc1ccc(COCCOc2ccccc2-c2cc(C(C)(c3ccc(-c4ccccc4)cc3)c3ccc(OCCOCc4ccc(C=C)cc4)c(-c4ccccc4O)c3)ccc2OCCOCc2ccc(C=C)cc2)cc1. The highest BCUT2D eigenvalue weighted by molar-refractivity contribution is 5.79. The highest BCUT2D eigenvalue weighted by Crippen LogP contribution is 2.47. The summed E-state index contributed by atoms with van der Waals surface area (Å²) in [5.74, 6) is 4.80. The molecule has 9 aromatic rings. The van der Waals surface area contributed by atoms with Crippen molar-refractivity contribution in [3.63, 3.8) is 0 Å². The summed E-state index contributed by atoms with van der Waals surface area (Å²) >= 11 is 0. The van der Waals surface area contributed by atoms with E-state index >= 15 is 0 Å². The largest absolute Gasteiger partial charge is 0.507 e. The van der Waals surface area contributed by atoms with Gasteiger partial charge in [-0.15, -0.1) is 6.42 Å². The van der Waals surface area contributed by atoms with Crippen molar-refractivity contribution in [2.45, 2.75) is 32.2 Å². The van der Waals surface area contributed by atoms with E-state index in [-0.39, 0.29) is 5.75 Å². The molecule has 0 heterocycles. The van der Waals surface area contributed by atoms with Gasteiger partial charge in [-0.3, -0.25) is 0 Å². The molecule has 7 heteroatoms. The Morgan fingerprint density at radius 1 is 0.423 bits per heavy atom. The predicted molar refractivity (Wildman–Crippen MR) is 316 cm³/mol. The van der Waals surface area contributed by atoms with Crippen LogP contribution in [0.3, 0.4) is 0 Å². The Morgan fingerprint density at radius 3 is 1.32 bits per heavy atom. The molecule has 0 amide bonds. The third kappa shape index (κ3) is 13.5. The number of para-hydroxylation sites is 2. The molecule has 0 saturated heterocycles. The van der Waals surface area contributed by atoms with Crippen molar-refractivity contribution >= 4 is 12.2 Å². The van der Waals surface area contributed by atoms with E-state index in [1.807, 2.05) is 121 Å². The summed E-state index contributed by atoms with van der Waals surface area (Å²) in [5.41, 5.74) is 13.7. The third-order valence-electron chi connectivity index (χ3n) is 13.9. The van der Waals surface area contributed by atoms with Gasteiger partial charge in [-0.1, -0.05) is 195 Å². The minimum absolute atomic E-state index is 0.145. The quantitative estimate of drug-likeness (QED) is 0.0329. The zero-order chi connectivity index (χ0) is 53.9. The number of ether oxygens (including phenoxy) is 6. The molecule has 0 saturated carbocycles. The summed E-state index contributed by atoms with van der Waals surface area (Å²) in [5, 5.41) is 11.5. The van der Waals surface area contributed by atoms with Crippen molar-refractivity contribution in [3.05, 3.63) is 276 Å². The topological polar surface area (TPSA) is 75.6 Å². The third-order valence-corrected chi connectivity index (χ3v) is 13.9. The van der Waals surface area contributed by atoms with E-state index in [0.29, 0.717) is 82.3 Å². The van der Waals surface area contributed by atoms with Crippen molar-refractivity contribution in [2.24, 2.45) is 0 Å². The second kappa shape index (κ2) is 26.7. The van der Waals surface area contributed by atoms with Crippen LogP contribution in [-0.2, 0) is 39.4 Å². The molecule has 0 radical (unpaired) electrons. The molecule has 1 N–H and O–H groups in total. The minimum Gasteiger partial charge on any atom is -0.507 e. The first-order valence-corrected chi connectivity index (χ1v) is 26.3. The molecule has 0 aromatic heterocycles. The van der Waals surface area contributed by atoms with Crippen molar-refractivity contribution in [1.82, 2.24) is 0 Å². The first-order chi connectivity index (χ1) is 38.3. The second-order valence-corrected chi connectivity index (χ2v) is 18.9. The summed E-state index contributed by atoms with van der Waals surface area (Å²) in [7, 11) is 0.